The Morgan fingerprint density at radius 1 is 1.20 bits per heavy atom. The average Bonchev–Trinajstić information content (AvgIpc) is 2.49. The number of ether oxygens (including phenoxy) is 1. The molecule has 2 unspecified atom stereocenters. The zero-order valence-electron chi connectivity index (χ0n) is 16.7. The lowest BCUT2D eigenvalue weighted by Gasteiger charge is -2.62. The molecule has 8 heteroatoms. The summed E-state index contributed by atoms with van der Waals surface area (Å²) in [5, 5.41) is 3.22. The summed E-state index contributed by atoms with van der Waals surface area (Å²) in [6, 6.07) is 0. The summed E-state index contributed by atoms with van der Waals surface area (Å²) in [5.41, 5.74) is 0.194. The molecule has 2 atom stereocenters. The van der Waals surface area contributed by atoms with Crippen LogP contribution in [0.1, 0.15) is 41.5 Å². The summed E-state index contributed by atoms with van der Waals surface area (Å²) >= 11 is 0. The molecule has 7 nitrogen and oxygen atoms in total. The van der Waals surface area contributed by atoms with Crippen molar-refractivity contribution in [2.24, 2.45) is 10.4 Å². The van der Waals surface area contributed by atoms with Gasteiger partial charge in [0.05, 0.1) is 18.0 Å². The first-order valence-corrected chi connectivity index (χ1v) is 10.6. The highest BCUT2D eigenvalue weighted by molar-refractivity contribution is 7.89. The van der Waals surface area contributed by atoms with Crippen LogP contribution in [0.3, 0.4) is 0 Å². The van der Waals surface area contributed by atoms with Gasteiger partial charge in [0, 0.05) is 44.2 Å². The van der Waals surface area contributed by atoms with Gasteiger partial charge in [0.15, 0.2) is 5.96 Å². The molecule has 2 aliphatic rings. The normalized spacial score (nSPS) is 30.0. The van der Waals surface area contributed by atoms with Crippen LogP contribution < -0.4 is 5.32 Å². The maximum atomic E-state index is 12.6. The van der Waals surface area contributed by atoms with Crippen LogP contribution in [0.15, 0.2) is 4.99 Å². The van der Waals surface area contributed by atoms with E-state index in [1.807, 2.05) is 13.8 Å². The average molecular weight is 375 g/mol. The van der Waals surface area contributed by atoms with Gasteiger partial charge in [-0.25, -0.2) is 8.42 Å². The molecule has 1 N–H and O–H groups in total. The van der Waals surface area contributed by atoms with Crippen LogP contribution in [-0.2, 0) is 14.8 Å². The number of nitrogens with one attached hydrogen (secondary N) is 1. The Hall–Kier alpha value is -0.860. The minimum absolute atomic E-state index is 0.0111. The summed E-state index contributed by atoms with van der Waals surface area (Å²) < 4.78 is 32.4. The quantitative estimate of drug-likeness (QED) is 0.590. The van der Waals surface area contributed by atoms with Crippen LogP contribution in [0.4, 0.5) is 0 Å². The van der Waals surface area contributed by atoms with Crippen molar-refractivity contribution in [3.63, 3.8) is 0 Å². The van der Waals surface area contributed by atoms with E-state index in [1.165, 1.54) is 0 Å². The Kier molecular flexibility index (Phi) is 5.76. The highest BCUT2D eigenvalue weighted by atomic mass is 32.2. The number of rotatable bonds is 4. The van der Waals surface area contributed by atoms with Gasteiger partial charge in [-0.15, -0.1) is 0 Å². The number of sulfonamides is 1. The first kappa shape index (κ1) is 20.5. The minimum Gasteiger partial charge on any atom is -0.373 e. The maximum Gasteiger partial charge on any atom is 0.216 e. The van der Waals surface area contributed by atoms with Crippen molar-refractivity contribution >= 4 is 16.0 Å². The SMILES string of the molecule is CN=C(NCCS(=O)(=O)N1CC(C)OC(C)C1)N1CC(C)(C)C1(C)C. The standard InChI is InChI=1S/C17H34N4O3S/c1-13-10-20(11-14(2)24-13)25(22,23)9-8-19-15(18-7)21-12-16(3,4)17(21,5)6/h13-14H,8-12H2,1-7H3,(H,18,19). The molecule has 0 amide bonds. The summed E-state index contributed by atoms with van der Waals surface area (Å²) in [4.78, 5) is 6.54. The minimum atomic E-state index is -3.30. The van der Waals surface area contributed by atoms with Crippen LogP contribution in [-0.4, -0.2) is 80.3 Å². The van der Waals surface area contributed by atoms with Crippen molar-refractivity contribution in [3.8, 4) is 0 Å². The Bertz CT molecular complexity index is 605. The fourth-order valence-corrected chi connectivity index (χ4v) is 4.97. The van der Waals surface area contributed by atoms with Crippen molar-refractivity contribution in [1.82, 2.24) is 14.5 Å². The monoisotopic (exact) mass is 374 g/mol. The zero-order chi connectivity index (χ0) is 19.0. The Morgan fingerprint density at radius 2 is 1.76 bits per heavy atom. The van der Waals surface area contributed by atoms with Gasteiger partial charge in [-0.1, -0.05) is 13.8 Å². The number of guanidine groups is 1. The first-order chi connectivity index (χ1) is 11.4. The van der Waals surface area contributed by atoms with Crippen molar-refractivity contribution in [2.45, 2.75) is 59.3 Å². The lowest BCUT2D eigenvalue weighted by atomic mass is 9.65. The molecule has 2 rings (SSSR count). The van der Waals surface area contributed by atoms with Gasteiger partial charge in [-0.2, -0.15) is 4.31 Å². The molecule has 0 radical (unpaired) electrons. The molecule has 2 fully saturated rings. The number of morpholine rings is 1. The van der Waals surface area contributed by atoms with Gasteiger partial charge in [0.1, 0.15) is 0 Å². The Labute approximate surface area is 152 Å². The summed E-state index contributed by atoms with van der Waals surface area (Å²) in [7, 11) is -1.56. The molecule has 0 aromatic carbocycles. The van der Waals surface area contributed by atoms with Crippen LogP contribution >= 0.6 is 0 Å². The number of hydrogen-bond acceptors (Lipinski definition) is 4. The molecule has 2 saturated heterocycles. The second-order valence-electron chi connectivity index (χ2n) is 8.39. The fourth-order valence-electron chi connectivity index (χ4n) is 3.47. The van der Waals surface area contributed by atoms with Gasteiger partial charge in [-0.3, -0.25) is 4.99 Å². The second kappa shape index (κ2) is 7.04. The molecule has 2 aliphatic heterocycles. The molecule has 0 spiro atoms. The van der Waals surface area contributed by atoms with Crippen molar-refractivity contribution in [2.75, 3.05) is 39.0 Å². The first-order valence-electron chi connectivity index (χ1n) is 9.02. The van der Waals surface area contributed by atoms with Crippen LogP contribution in [0.2, 0.25) is 0 Å². The third-order valence-electron chi connectivity index (χ3n) is 5.77. The summed E-state index contributed by atoms with van der Waals surface area (Å²) in [6.07, 6.45) is -0.133. The molecule has 0 aromatic heterocycles. The maximum absolute atomic E-state index is 12.6. The molecule has 0 aliphatic carbocycles. The molecular weight excluding hydrogens is 340 g/mol. The van der Waals surface area contributed by atoms with Gasteiger partial charge in [0.25, 0.3) is 0 Å². The highest BCUT2D eigenvalue weighted by Gasteiger charge is 2.53. The zero-order valence-corrected chi connectivity index (χ0v) is 17.5. The van der Waals surface area contributed by atoms with E-state index in [2.05, 4.69) is 42.9 Å². The van der Waals surface area contributed by atoms with Crippen LogP contribution in [0.5, 0.6) is 0 Å². The van der Waals surface area contributed by atoms with Crippen molar-refractivity contribution < 1.29 is 13.2 Å². The largest absolute Gasteiger partial charge is 0.373 e. The smallest absolute Gasteiger partial charge is 0.216 e. The number of nitrogens with zero attached hydrogens (tertiary/aromatic N) is 3. The van der Waals surface area contributed by atoms with Crippen molar-refractivity contribution in [1.29, 1.82) is 0 Å². The summed E-state index contributed by atoms with van der Waals surface area (Å²) in [5.74, 6) is 0.826. The van der Waals surface area contributed by atoms with Crippen LogP contribution in [0.25, 0.3) is 0 Å². The van der Waals surface area contributed by atoms with Gasteiger partial charge >= 0.3 is 0 Å². The third kappa shape index (κ3) is 4.11. The number of likely N-dealkylation sites (tertiary alicyclic amines) is 1. The van der Waals surface area contributed by atoms with E-state index >= 15 is 0 Å². The van der Waals surface area contributed by atoms with E-state index < -0.39 is 10.0 Å². The second-order valence-corrected chi connectivity index (χ2v) is 10.5. The molecule has 0 saturated carbocycles. The fraction of sp³-hybridized carbons (Fsp3) is 0.941. The predicted octanol–water partition coefficient (Wildman–Crippen LogP) is 1.12. The van der Waals surface area contributed by atoms with E-state index in [9.17, 15) is 8.42 Å². The van der Waals surface area contributed by atoms with E-state index in [0.29, 0.717) is 19.6 Å². The van der Waals surface area contributed by atoms with Crippen molar-refractivity contribution in [3.05, 3.63) is 0 Å². The lowest BCUT2D eigenvalue weighted by Crippen LogP contribution is -2.72. The van der Waals surface area contributed by atoms with Gasteiger partial charge in [0.2, 0.25) is 10.0 Å². The molecule has 146 valence electrons. The molecule has 0 aromatic rings. The lowest BCUT2D eigenvalue weighted by molar-refractivity contribution is -0.0666. The van der Waals surface area contributed by atoms with E-state index in [4.69, 9.17) is 4.74 Å². The molecular formula is C17H34N4O3S. The Balaban J connectivity index is 1.91. The van der Waals surface area contributed by atoms with Gasteiger partial charge in [-0.05, 0) is 27.7 Å². The number of aliphatic imine (C=N–C) groups is 1. The third-order valence-corrected chi connectivity index (χ3v) is 7.58. The molecule has 25 heavy (non-hydrogen) atoms. The Morgan fingerprint density at radius 3 is 2.20 bits per heavy atom. The predicted molar refractivity (Wildman–Crippen MR) is 101 cm³/mol. The topological polar surface area (TPSA) is 74.2 Å². The van der Waals surface area contributed by atoms with Crippen LogP contribution in [0, 0.1) is 5.41 Å². The number of hydrogen-bond donors (Lipinski definition) is 1. The van der Waals surface area contributed by atoms with E-state index in [1.54, 1.807) is 11.4 Å². The van der Waals surface area contributed by atoms with E-state index in [0.717, 1.165) is 12.5 Å². The highest BCUT2D eigenvalue weighted by Crippen LogP contribution is 2.46. The van der Waals surface area contributed by atoms with E-state index in [-0.39, 0.29) is 28.9 Å². The molecule has 2 heterocycles. The van der Waals surface area contributed by atoms with Gasteiger partial charge < -0.3 is 15.0 Å². The molecule has 0 bridgehead atoms. The summed E-state index contributed by atoms with van der Waals surface area (Å²) in [6.45, 7) is 14.8.